The molecule has 1 saturated carbocycles. The van der Waals surface area contributed by atoms with E-state index in [1.165, 1.54) is 0 Å². The smallest absolute Gasteiger partial charge is 0.480 e. The Balaban J connectivity index is 1.68. The molecule has 0 bridgehead atoms. The minimum Gasteiger partial charge on any atom is -0.480 e. The second-order valence-electron chi connectivity index (χ2n) is 11.5. The van der Waals surface area contributed by atoms with Gasteiger partial charge in [0.1, 0.15) is 0 Å². The second-order valence-corrected chi connectivity index (χ2v) is 16.2. The lowest BCUT2D eigenvalue weighted by atomic mass is 9.81. The molecule has 0 amide bonds. The fraction of sp³-hybridized carbons (Fsp3) is 0.864. The third kappa shape index (κ3) is 4.52. The van der Waals surface area contributed by atoms with Gasteiger partial charge in [-0.1, -0.05) is 20.8 Å². The quantitative estimate of drug-likeness (QED) is 0.627. The van der Waals surface area contributed by atoms with Gasteiger partial charge in [0.25, 0.3) is 0 Å². The molecular weight excluding hydrogens is 395 g/mol. The first-order valence-electron chi connectivity index (χ1n) is 11.3. The molecule has 0 unspecified atom stereocenters. The Morgan fingerprint density at radius 1 is 1.07 bits per heavy atom. The van der Waals surface area contributed by atoms with Gasteiger partial charge in [0.2, 0.25) is 5.88 Å². The van der Waals surface area contributed by atoms with Crippen LogP contribution in [0.4, 0.5) is 0 Å². The summed E-state index contributed by atoms with van der Waals surface area (Å²) < 4.78 is 26.7. The molecule has 1 aromatic rings. The highest BCUT2D eigenvalue weighted by Crippen LogP contribution is 2.41. The summed E-state index contributed by atoms with van der Waals surface area (Å²) in [7, 11) is -0.528. The number of rotatable bonds is 5. The maximum Gasteiger partial charge on any atom is 0.502 e. The molecule has 1 saturated heterocycles. The monoisotopic (exact) mass is 436 g/mol. The highest BCUT2D eigenvalue weighted by molar-refractivity contribution is 6.74. The topological polar surface area (TPSA) is 54.7 Å². The van der Waals surface area contributed by atoms with Gasteiger partial charge in [0.05, 0.1) is 29.8 Å². The van der Waals surface area contributed by atoms with Crippen LogP contribution >= 0.6 is 0 Å². The van der Waals surface area contributed by atoms with Gasteiger partial charge >= 0.3 is 7.12 Å². The van der Waals surface area contributed by atoms with Crippen molar-refractivity contribution in [3.05, 3.63) is 6.20 Å². The van der Waals surface area contributed by atoms with Crippen molar-refractivity contribution in [2.45, 2.75) is 116 Å². The molecule has 0 radical (unpaired) electrons. The average molecular weight is 436 g/mol. The van der Waals surface area contributed by atoms with Gasteiger partial charge in [-0.15, -0.1) is 5.10 Å². The van der Waals surface area contributed by atoms with Crippen LogP contribution in [-0.2, 0) is 13.7 Å². The van der Waals surface area contributed by atoms with Crippen molar-refractivity contribution in [3.8, 4) is 5.88 Å². The molecule has 170 valence electrons. The predicted molar refractivity (Wildman–Crippen MR) is 124 cm³/mol. The fourth-order valence-corrected chi connectivity index (χ4v) is 5.31. The van der Waals surface area contributed by atoms with Crippen molar-refractivity contribution < 1.29 is 18.5 Å². The predicted octanol–water partition coefficient (Wildman–Crippen LogP) is 4.70. The van der Waals surface area contributed by atoms with E-state index in [2.05, 4.69) is 72.4 Å². The third-order valence-electron chi connectivity index (χ3n) is 7.71. The van der Waals surface area contributed by atoms with Crippen molar-refractivity contribution in [1.29, 1.82) is 0 Å². The van der Waals surface area contributed by atoms with Crippen LogP contribution < -0.4 is 10.2 Å². The number of hydrogen-bond acceptors (Lipinski definition) is 5. The number of hydrogen-bond donors (Lipinski definition) is 0. The van der Waals surface area contributed by atoms with E-state index in [4.69, 9.17) is 23.6 Å². The van der Waals surface area contributed by atoms with Gasteiger partial charge in [-0.2, -0.15) is 0 Å². The van der Waals surface area contributed by atoms with E-state index in [0.717, 1.165) is 31.1 Å². The second kappa shape index (κ2) is 7.94. The summed E-state index contributed by atoms with van der Waals surface area (Å²) in [5.74, 6) is 0.591. The van der Waals surface area contributed by atoms with Crippen molar-refractivity contribution in [1.82, 2.24) is 9.78 Å². The normalized spacial score (nSPS) is 26.8. The van der Waals surface area contributed by atoms with E-state index < -0.39 is 15.4 Å². The molecule has 1 aliphatic heterocycles. The zero-order chi connectivity index (χ0) is 22.5. The Morgan fingerprint density at radius 3 is 2.07 bits per heavy atom. The van der Waals surface area contributed by atoms with Gasteiger partial charge in [-0.05, 0) is 71.5 Å². The largest absolute Gasteiger partial charge is 0.502 e. The van der Waals surface area contributed by atoms with E-state index in [0.29, 0.717) is 18.0 Å². The van der Waals surface area contributed by atoms with Gasteiger partial charge in [-0.3, -0.25) is 4.68 Å². The summed E-state index contributed by atoms with van der Waals surface area (Å²) >= 11 is 0. The highest BCUT2D eigenvalue weighted by atomic mass is 28.4. The Hall–Kier alpha value is -0.828. The van der Waals surface area contributed by atoms with Gasteiger partial charge in [0.15, 0.2) is 8.32 Å². The summed E-state index contributed by atoms with van der Waals surface area (Å²) in [5.41, 5.74) is 0.101. The maximum atomic E-state index is 6.65. The Bertz CT molecular complexity index is 733. The third-order valence-corrected chi connectivity index (χ3v) is 12.2. The zero-order valence-corrected chi connectivity index (χ0v) is 21.7. The van der Waals surface area contributed by atoms with Crippen LogP contribution in [0.25, 0.3) is 0 Å². The molecule has 1 aliphatic carbocycles. The van der Waals surface area contributed by atoms with Gasteiger partial charge in [-0.25, -0.2) is 0 Å². The van der Waals surface area contributed by atoms with Gasteiger partial charge < -0.3 is 18.5 Å². The first-order chi connectivity index (χ1) is 13.7. The summed E-state index contributed by atoms with van der Waals surface area (Å²) in [5, 5.41) is 4.98. The van der Waals surface area contributed by atoms with Crippen molar-refractivity contribution >= 4 is 20.9 Å². The fourth-order valence-electron chi connectivity index (χ4n) is 3.89. The minimum atomic E-state index is -1.72. The Morgan fingerprint density at radius 2 is 1.60 bits per heavy atom. The molecule has 0 spiro atoms. The molecule has 0 N–H and O–H groups in total. The Labute approximate surface area is 184 Å². The summed E-state index contributed by atoms with van der Waals surface area (Å²) in [6, 6.07) is 0.356. The maximum absolute atomic E-state index is 6.65. The van der Waals surface area contributed by atoms with Crippen LogP contribution in [0.15, 0.2) is 6.20 Å². The standard InChI is InChI=1S/C22H41BN2O4Si/c1-20(2,3)30(9,10)27-17-13-11-16(12-14-17)25-15-18(19(24-25)26-8)23-28-21(4,5)22(6,7)29-23/h15-17H,11-14H2,1-10H3/t16-,17-. The summed E-state index contributed by atoms with van der Waals surface area (Å²) in [6.07, 6.45) is 6.69. The number of methoxy groups -OCH3 is 1. The summed E-state index contributed by atoms with van der Waals surface area (Å²) in [4.78, 5) is 0. The lowest BCUT2D eigenvalue weighted by molar-refractivity contribution is 0.00578. The molecule has 1 aromatic heterocycles. The Kier molecular flexibility index (Phi) is 6.31. The first kappa shape index (κ1) is 23.8. The number of aromatic nitrogens is 2. The lowest BCUT2D eigenvalue weighted by Gasteiger charge is -2.41. The van der Waals surface area contributed by atoms with Crippen LogP contribution in [0.2, 0.25) is 18.1 Å². The van der Waals surface area contributed by atoms with E-state index in [1.54, 1.807) is 7.11 Å². The van der Waals surface area contributed by atoms with Crippen molar-refractivity contribution in [2.24, 2.45) is 0 Å². The summed E-state index contributed by atoms with van der Waals surface area (Å²) in [6.45, 7) is 19.8. The SMILES string of the molecule is COc1nn([C@H]2CC[C@H](O[Si](C)(C)C(C)(C)C)CC2)cc1B1OC(C)(C)C(C)(C)O1. The van der Waals surface area contributed by atoms with E-state index in [1.807, 2.05) is 0 Å². The molecule has 3 rings (SSSR count). The van der Waals surface area contributed by atoms with Crippen LogP contribution in [-0.4, -0.2) is 49.6 Å². The molecular formula is C22H41BN2O4Si. The molecule has 2 fully saturated rings. The molecule has 30 heavy (non-hydrogen) atoms. The molecule has 8 heteroatoms. The average Bonchev–Trinajstić information content (AvgIpc) is 3.12. The van der Waals surface area contributed by atoms with Crippen LogP contribution in [0.5, 0.6) is 5.88 Å². The highest BCUT2D eigenvalue weighted by Gasteiger charge is 2.53. The first-order valence-corrected chi connectivity index (χ1v) is 14.2. The lowest BCUT2D eigenvalue weighted by Crippen LogP contribution is -2.44. The molecule has 2 heterocycles. The molecule has 0 atom stereocenters. The van der Waals surface area contributed by atoms with E-state index >= 15 is 0 Å². The van der Waals surface area contributed by atoms with Crippen LogP contribution in [0, 0.1) is 0 Å². The van der Waals surface area contributed by atoms with Gasteiger partial charge in [0, 0.05) is 12.3 Å². The van der Waals surface area contributed by atoms with E-state index in [-0.39, 0.29) is 16.2 Å². The van der Waals surface area contributed by atoms with Crippen molar-refractivity contribution in [2.75, 3.05) is 7.11 Å². The van der Waals surface area contributed by atoms with E-state index in [9.17, 15) is 0 Å². The van der Waals surface area contributed by atoms with Crippen LogP contribution in [0.3, 0.4) is 0 Å². The number of ether oxygens (including phenoxy) is 1. The van der Waals surface area contributed by atoms with Crippen LogP contribution in [0.1, 0.15) is 80.2 Å². The molecule has 2 aliphatic rings. The zero-order valence-electron chi connectivity index (χ0n) is 20.7. The number of nitrogens with zero attached hydrogens (tertiary/aromatic N) is 2. The minimum absolute atomic E-state index is 0.247. The molecule has 6 nitrogen and oxygen atoms in total. The molecule has 0 aromatic carbocycles. The van der Waals surface area contributed by atoms with Crippen molar-refractivity contribution in [3.63, 3.8) is 0 Å².